The van der Waals surface area contributed by atoms with Gasteiger partial charge in [-0.25, -0.2) is 0 Å². The van der Waals surface area contributed by atoms with Crippen molar-refractivity contribution >= 4 is 0 Å². The quantitative estimate of drug-likeness (QED) is 0.755. The highest BCUT2D eigenvalue weighted by atomic mass is 16.5. The fraction of sp³-hybridized carbons (Fsp3) is 0.615. The molecule has 1 aromatic rings. The van der Waals surface area contributed by atoms with Gasteiger partial charge in [0.05, 0.1) is 12.2 Å². The molecule has 0 spiro atoms. The Labute approximate surface area is 96.4 Å². The molecule has 0 unspecified atom stereocenters. The normalized spacial score (nSPS) is 34.2. The number of aromatic nitrogens is 1. The molecule has 3 atom stereocenters. The minimum Gasteiger partial charge on any atom is -0.374 e. The Hall–Kier alpha value is -0.930. The van der Waals surface area contributed by atoms with Crippen molar-refractivity contribution in [3.8, 4) is 0 Å². The van der Waals surface area contributed by atoms with Crippen LogP contribution in [-0.2, 0) is 11.3 Å². The van der Waals surface area contributed by atoms with Crippen molar-refractivity contribution in [1.29, 1.82) is 0 Å². The lowest BCUT2D eigenvalue weighted by Crippen LogP contribution is -2.24. The highest BCUT2D eigenvalue weighted by Crippen LogP contribution is 2.33. The van der Waals surface area contributed by atoms with Crippen LogP contribution in [0.2, 0.25) is 0 Å². The molecule has 0 aromatic carbocycles. The Bertz CT molecular complexity index is 340. The lowest BCUT2D eigenvalue weighted by atomic mass is 10.0. The molecule has 0 aliphatic carbocycles. The molecule has 16 heavy (non-hydrogen) atoms. The van der Waals surface area contributed by atoms with Gasteiger partial charge in [-0.05, 0) is 31.0 Å². The number of pyridine rings is 1. The molecular weight excluding hydrogens is 200 g/mol. The summed E-state index contributed by atoms with van der Waals surface area (Å²) in [6, 6.07) is 4.19. The summed E-state index contributed by atoms with van der Waals surface area (Å²) in [5, 5.41) is 0. The van der Waals surface area contributed by atoms with Gasteiger partial charge in [-0.3, -0.25) is 9.88 Å². The third-order valence-corrected chi connectivity index (χ3v) is 3.65. The second-order valence-corrected chi connectivity index (χ2v) is 5.03. The molecule has 3 rings (SSSR count). The number of hydrogen-bond acceptors (Lipinski definition) is 3. The Morgan fingerprint density at radius 2 is 2.19 bits per heavy atom. The van der Waals surface area contributed by atoms with E-state index in [0.717, 1.165) is 19.0 Å². The van der Waals surface area contributed by atoms with Crippen molar-refractivity contribution in [3.63, 3.8) is 0 Å². The first-order valence-corrected chi connectivity index (χ1v) is 6.08. The predicted molar refractivity (Wildman–Crippen MR) is 62.0 cm³/mol. The first-order valence-electron chi connectivity index (χ1n) is 6.08. The summed E-state index contributed by atoms with van der Waals surface area (Å²) < 4.78 is 5.90. The maximum absolute atomic E-state index is 5.90. The summed E-state index contributed by atoms with van der Waals surface area (Å²) in [4.78, 5) is 6.54. The lowest BCUT2D eigenvalue weighted by Gasteiger charge is -2.17. The van der Waals surface area contributed by atoms with Crippen LogP contribution in [0.15, 0.2) is 24.5 Å². The van der Waals surface area contributed by atoms with Crippen LogP contribution < -0.4 is 0 Å². The zero-order valence-electron chi connectivity index (χ0n) is 9.67. The van der Waals surface area contributed by atoms with Crippen LogP contribution in [0, 0.1) is 5.92 Å². The summed E-state index contributed by atoms with van der Waals surface area (Å²) in [5.74, 6) is 0.761. The smallest absolute Gasteiger partial charge is 0.0746 e. The fourth-order valence-electron chi connectivity index (χ4n) is 2.96. The number of fused-ring (bicyclic) bond motifs is 1. The van der Waals surface area contributed by atoms with E-state index >= 15 is 0 Å². The van der Waals surface area contributed by atoms with Crippen molar-refractivity contribution in [1.82, 2.24) is 9.88 Å². The molecule has 2 aliphatic rings. The summed E-state index contributed by atoms with van der Waals surface area (Å²) in [7, 11) is 0. The van der Waals surface area contributed by atoms with Crippen LogP contribution in [-0.4, -0.2) is 35.2 Å². The van der Waals surface area contributed by atoms with Gasteiger partial charge >= 0.3 is 0 Å². The lowest BCUT2D eigenvalue weighted by molar-refractivity contribution is 0.0478. The first-order chi connectivity index (χ1) is 7.81. The second-order valence-electron chi connectivity index (χ2n) is 5.03. The van der Waals surface area contributed by atoms with E-state index in [1.54, 1.807) is 0 Å². The van der Waals surface area contributed by atoms with Gasteiger partial charge in [-0.1, -0.05) is 0 Å². The summed E-state index contributed by atoms with van der Waals surface area (Å²) in [5.41, 5.74) is 1.35. The molecule has 3 heteroatoms. The molecule has 1 aromatic heterocycles. The van der Waals surface area contributed by atoms with E-state index in [4.69, 9.17) is 4.74 Å². The summed E-state index contributed by atoms with van der Waals surface area (Å²) >= 11 is 0. The van der Waals surface area contributed by atoms with Crippen molar-refractivity contribution in [3.05, 3.63) is 30.1 Å². The zero-order chi connectivity index (χ0) is 11.0. The van der Waals surface area contributed by atoms with Crippen LogP contribution in [0.4, 0.5) is 0 Å². The third-order valence-electron chi connectivity index (χ3n) is 3.65. The van der Waals surface area contributed by atoms with Crippen molar-refractivity contribution in [2.45, 2.75) is 32.1 Å². The molecule has 3 nitrogen and oxygen atoms in total. The molecule has 86 valence electrons. The first kappa shape index (κ1) is 10.2. The maximum atomic E-state index is 5.90. The molecule has 2 aliphatic heterocycles. The van der Waals surface area contributed by atoms with Gasteiger partial charge in [0.25, 0.3) is 0 Å². The van der Waals surface area contributed by atoms with Crippen LogP contribution in [0.25, 0.3) is 0 Å². The average Bonchev–Trinajstić information content (AvgIpc) is 2.76. The SMILES string of the molecule is C[C@@H]1C[C@@H]2CN(Cc3ccncc3)C[C@@H]2O1. The highest BCUT2D eigenvalue weighted by molar-refractivity contribution is 5.10. The standard InChI is InChI=1S/C13H18N2O/c1-10-6-12-8-15(9-13(12)16-10)7-11-2-4-14-5-3-11/h2-5,10,12-13H,6-9H2,1H3/t10-,12-,13+/m1/s1. The van der Waals surface area contributed by atoms with E-state index < -0.39 is 0 Å². The van der Waals surface area contributed by atoms with E-state index in [1.165, 1.54) is 18.5 Å². The Kier molecular flexibility index (Phi) is 2.65. The minimum atomic E-state index is 0.470. The van der Waals surface area contributed by atoms with Crippen LogP contribution >= 0.6 is 0 Å². The van der Waals surface area contributed by atoms with Crippen LogP contribution in [0.5, 0.6) is 0 Å². The zero-order valence-corrected chi connectivity index (χ0v) is 9.67. The average molecular weight is 218 g/mol. The number of hydrogen-bond donors (Lipinski definition) is 0. The van der Waals surface area contributed by atoms with Crippen molar-refractivity contribution in [2.24, 2.45) is 5.92 Å². The van der Waals surface area contributed by atoms with E-state index in [0.29, 0.717) is 12.2 Å². The largest absolute Gasteiger partial charge is 0.374 e. The molecular formula is C13H18N2O. The van der Waals surface area contributed by atoms with Gasteiger partial charge in [-0.15, -0.1) is 0 Å². The molecule has 0 bridgehead atoms. The van der Waals surface area contributed by atoms with E-state index in [1.807, 2.05) is 12.4 Å². The Balaban J connectivity index is 1.60. The molecule has 0 radical (unpaired) electrons. The molecule has 0 N–H and O–H groups in total. The van der Waals surface area contributed by atoms with Crippen molar-refractivity contribution in [2.75, 3.05) is 13.1 Å². The third kappa shape index (κ3) is 1.97. The van der Waals surface area contributed by atoms with Gasteiger partial charge in [0, 0.05) is 37.9 Å². The monoisotopic (exact) mass is 218 g/mol. The van der Waals surface area contributed by atoms with Gasteiger partial charge in [0.2, 0.25) is 0 Å². The van der Waals surface area contributed by atoms with Gasteiger partial charge < -0.3 is 4.74 Å². The number of likely N-dealkylation sites (tertiary alicyclic amines) is 1. The van der Waals surface area contributed by atoms with Gasteiger partial charge in [-0.2, -0.15) is 0 Å². The molecule has 0 amide bonds. The summed E-state index contributed by atoms with van der Waals surface area (Å²) in [6.07, 6.45) is 5.92. The number of ether oxygens (including phenoxy) is 1. The van der Waals surface area contributed by atoms with E-state index in [2.05, 4.69) is 28.9 Å². The Morgan fingerprint density at radius 3 is 2.94 bits per heavy atom. The van der Waals surface area contributed by atoms with Crippen molar-refractivity contribution < 1.29 is 4.74 Å². The van der Waals surface area contributed by atoms with Gasteiger partial charge in [0.15, 0.2) is 0 Å². The minimum absolute atomic E-state index is 0.470. The van der Waals surface area contributed by atoms with Crippen LogP contribution in [0.3, 0.4) is 0 Å². The topological polar surface area (TPSA) is 25.4 Å². The second kappa shape index (κ2) is 4.15. The molecule has 3 heterocycles. The highest BCUT2D eigenvalue weighted by Gasteiger charge is 2.40. The van der Waals surface area contributed by atoms with Crippen LogP contribution in [0.1, 0.15) is 18.9 Å². The fourth-order valence-corrected chi connectivity index (χ4v) is 2.96. The van der Waals surface area contributed by atoms with E-state index in [-0.39, 0.29) is 0 Å². The number of rotatable bonds is 2. The summed E-state index contributed by atoms with van der Waals surface area (Å²) in [6.45, 7) is 5.51. The molecule has 2 fully saturated rings. The maximum Gasteiger partial charge on any atom is 0.0746 e. The Morgan fingerprint density at radius 1 is 1.38 bits per heavy atom. The molecule has 0 saturated carbocycles. The molecule has 2 saturated heterocycles. The van der Waals surface area contributed by atoms with Gasteiger partial charge in [0.1, 0.15) is 0 Å². The predicted octanol–water partition coefficient (Wildman–Crippen LogP) is 1.69. The van der Waals surface area contributed by atoms with E-state index in [9.17, 15) is 0 Å². The number of nitrogens with zero attached hydrogens (tertiary/aromatic N) is 2.